The van der Waals surface area contributed by atoms with Crippen LogP contribution in [0.15, 0.2) is 22.9 Å². The second-order valence-corrected chi connectivity index (χ2v) is 2.86. The minimum absolute atomic E-state index is 0.539. The monoisotopic (exact) mass is 175 g/mol. The minimum Gasteiger partial charge on any atom is -0.339 e. The molecule has 0 spiro atoms. The normalized spacial score (nSPS) is 10.3. The lowest BCUT2D eigenvalue weighted by atomic mass is 10.3. The zero-order valence-electron chi connectivity index (χ0n) is 7.48. The Hall–Kier alpha value is -1.71. The molecule has 4 nitrogen and oxygen atoms in total. The van der Waals surface area contributed by atoms with E-state index in [4.69, 9.17) is 4.52 Å². The van der Waals surface area contributed by atoms with Crippen LogP contribution in [0.25, 0.3) is 11.5 Å². The summed E-state index contributed by atoms with van der Waals surface area (Å²) < 4.78 is 4.85. The number of hydrogen-bond donors (Lipinski definition) is 0. The van der Waals surface area contributed by atoms with Crippen LogP contribution in [0.4, 0.5) is 0 Å². The van der Waals surface area contributed by atoms with Crippen LogP contribution in [0.5, 0.6) is 0 Å². The molecule has 66 valence electrons. The molecule has 4 heteroatoms. The molecule has 0 N–H and O–H groups in total. The molecule has 0 bridgehead atoms. The van der Waals surface area contributed by atoms with E-state index >= 15 is 0 Å². The van der Waals surface area contributed by atoms with E-state index in [0.29, 0.717) is 11.7 Å². The Bertz CT molecular complexity index is 405. The molecule has 2 heterocycles. The zero-order chi connectivity index (χ0) is 9.26. The molecule has 0 aliphatic heterocycles. The molecule has 0 aliphatic carbocycles. The third-order valence-corrected chi connectivity index (χ3v) is 1.67. The first kappa shape index (κ1) is 7.91. The van der Waals surface area contributed by atoms with Crippen molar-refractivity contribution in [1.29, 1.82) is 0 Å². The van der Waals surface area contributed by atoms with Crippen LogP contribution in [0.3, 0.4) is 0 Å². The van der Waals surface area contributed by atoms with Crippen LogP contribution < -0.4 is 0 Å². The number of aromatic nitrogens is 3. The summed E-state index contributed by atoms with van der Waals surface area (Å²) >= 11 is 0. The molecule has 0 radical (unpaired) electrons. The quantitative estimate of drug-likeness (QED) is 0.662. The van der Waals surface area contributed by atoms with E-state index in [2.05, 4.69) is 15.1 Å². The van der Waals surface area contributed by atoms with Crippen molar-refractivity contribution >= 4 is 0 Å². The molecule has 0 saturated carbocycles. The summed E-state index contributed by atoms with van der Waals surface area (Å²) in [5, 5.41) is 3.77. The maximum absolute atomic E-state index is 4.85. The molecule has 2 aromatic rings. The molecule has 2 aromatic heterocycles. The van der Waals surface area contributed by atoms with Gasteiger partial charge in [0, 0.05) is 13.1 Å². The lowest BCUT2D eigenvalue weighted by molar-refractivity contribution is 0.394. The SMILES string of the molecule is Cc1ccc(-c2noc(C)n2)nc1. The van der Waals surface area contributed by atoms with E-state index in [1.807, 2.05) is 19.1 Å². The molecular formula is C9H9N3O. The molecule has 0 amide bonds. The van der Waals surface area contributed by atoms with Crippen LogP contribution in [-0.4, -0.2) is 15.1 Å². The highest BCUT2D eigenvalue weighted by molar-refractivity contribution is 5.47. The van der Waals surface area contributed by atoms with Crippen molar-refractivity contribution in [1.82, 2.24) is 15.1 Å². The molecule has 0 unspecified atom stereocenters. The molecule has 2 rings (SSSR count). The summed E-state index contributed by atoms with van der Waals surface area (Å²) in [4.78, 5) is 8.25. The highest BCUT2D eigenvalue weighted by Crippen LogP contribution is 2.12. The van der Waals surface area contributed by atoms with Crippen LogP contribution in [0.2, 0.25) is 0 Å². The van der Waals surface area contributed by atoms with Crippen molar-refractivity contribution in [3.8, 4) is 11.5 Å². The molecule has 13 heavy (non-hydrogen) atoms. The Morgan fingerprint density at radius 3 is 2.62 bits per heavy atom. The first-order chi connectivity index (χ1) is 6.25. The Morgan fingerprint density at radius 1 is 1.23 bits per heavy atom. The van der Waals surface area contributed by atoms with E-state index in [1.54, 1.807) is 13.1 Å². The molecular weight excluding hydrogens is 166 g/mol. The fourth-order valence-electron chi connectivity index (χ4n) is 1.00. The van der Waals surface area contributed by atoms with Crippen molar-refractivity contribution < 1.29 is 4.52 Å². The lowest BCUT2D eigenvalue weighted by Gasteiger charge is -1.93. The van der Waals surface area contributed by atoms with Crippen LogP contribution in [-0.2, 0) is 0 Å². The molecule has 0 aliphatic rings. The van der Waals surface area contributed by atoms with E-state index in [-0.39, 0.29) is 0 Å². The average molecular weight is 175 g/mol. The largest absolute Gasteiger partial charge is 0.339 e. The Morgan fingerprint density at radius 2 is 2.08 bits per heavy atom. The van der Waals surface area contributed by atoms with Crippen LogP contribution >= 0.6 is 0 Å². The summed E-state index contributed by atoms with van der Waals surface area (Å²) in [5.41, 5.74) is 1.85. The maximum Gasteiger partial charge on any atom is 0.223 e. The molecule has 0 fully saturated rings. The van der Waals surface area contributed by atoms with Gasteiger partial charge in [-0.15, -0.1) is 0 Å². The highest BCUT2D eigenvalue weighted by atomic mass is 16.5. The number of pyridine rings is 1. The number of hydrogen-bond acceptors (Lipinski definition) is 4. The molecule has 0 saturated heterocycles. The zero-order valence-corrected chi connectivity index (χ0v) is 7.48. The van der Waals surface area contributed by atoms with Gasteiger partial charge in [-0.3, -0.25) is 4.98 Å². The minimum atomic E-state index is 0.539. The summed E-state index contributed by atoms with van der Waals surface area (Å²) in [6.45, 7) is 3.74. The van der Waals surface area contributed by atoms with Crippen molar-refractivity contribution in [2.24, 2.45) is 0 Å². The Labute approximate surface area is 75.6 Å². The van der Waals surface area contributed by atoms with Gasteiger partial charge in [0.15, 0.2) is 0 Å². The van der Waals surface area contributed by atoms with Gasteiger partial charge in [0.1, 0.15) is 5.69 Å². The molecule has 0 atom stereocenters. The Balaban J connectivity index is 2.41. The predicted octanol–water partition coefficient (Wildman–Crippen LogP) is 1.75. The lowest BCUT2D eigenvalue weighted by Crippen LogP contribution is -1.85. The average Bonchev–Trinajstić information content (AvgIpc) is 2.53. The first-order valence-corrected chi connectivity index (χ1v) is 3.99. The summed E-state index contributed by atoms with van der Waals surface area (Å²) in [6, 6.07) is 3.84. The number of nitrogens with zero attached hydrogens (tertiary/aromatic N) is 3. The Kier molecular flexibility index (Phi) is 1.81. The molecule has 0 aromatic carbocycles. The van der Waals surface area contributed by atoms with Gasteiger partial charge in [0.2, 0.25) is 11.7 Å². The van der Waals surface area contributed by atoms with Crippen LogP contribution in [0, 0.1) is 13.8 Å². The van der Waals surface area contributed by atoms with E-state index in [9.17, 15) is 0 Å². The number of rotatable bonds is 1. The van der Waals surface area contributed by atoms with Gasteiger partial charge < -0.3 is 4.52 Å². The summed E-state index contributed by atoms with van der Waals surface area (Å²) in [7, 11) is 0. The third kappa shape index (κ3) is 1.56. The van der Waals surface area contributed by atoms with E-state index < -0.39 is 0 Å². The van der Waals surface area contributed by atoms with Gasteiger partial charge in [0.05, 0.1) is 0 Å². The first-order valence-electron chi connectivity index (χ1n) is 3.99. The van der Waals surface area contributed by atoms with E-state index in [0.717, 1.165) is 11.3 Å². The highest BCUT2D eigenvalue weighted by Gasteiger charge is 2.05. The van der Waals surface area contributed by atoms with Crippen molar-refractivity contribution in [2.75, 3.05) is 0 Å². The maximum atomic E-state index is 4.85. The van der Waals surface area contributed by atoms with Gasteiger partial charge in [-0.1, -0.05) is 11.2 Å². The third-order valence-electron chi connectivity index (χ3n) is 1.67. The van der Waals surface area contributed by atoms with E-state index in [1.165, 1.54) is 0 Å². The van der Waals surface area contributed by atoms with Gasteiger partial charge in [0.25, 0.3) is 0 Å². The van der Waals surface area contributed by atoms with Gasteiger partial charge in [-0.2, -0.15) is 4.98 Å². The summed E-state index contributed by atoms with van der Waals surface area (Å²) in [6.07, 6.45) is 1.78. The van der Waals surface area contributed by atoms with Gasteiger partial charge in [-0.05, 0) is 18.6 Å². The van der Waals surface area contributed by atoms with Crippen LogP contribution in [0.1, 0.15) is 11.5 Å². The standard InChI is InChI=1S/C9H9N3O/c1-6-3-4-8(10-5-6)9-11-7(2)13-12-9/h3-5H,1-2H3. The van der Waals surface area contributed by atoms with Crippen molar-refractivity contribution in [3.05, 3.63) is 29.8 Å². The second-order valence-electron chi connectivity index (χ2n) is 2.86. The number of aryl methyl sites for hydroxylation is 2. The second kappa shape index (κ2) is 2.97. The van der Waals surface area contributed by atoms with Crippen molar-refractivity contribution in [2.45, 2.75) is 13.8 Å². The topological polar surface area (TPSA) is 51.8 Å². The fourth-order valence-corrected chi connectivity index (χ4v) is 1.00. The summed E-state index contributed by atoms with van der Waals surface area (Å²) in [5.74, 6) is 1.09. The van der Waals surface area contributed by atoms with Gasteiger partial charge in [-0.25, -0.2) is 0 Å². The predicted molar refractivity (Wildman–Crippen MR) is 47.0 cm³/mol. The van der Waals surface area contributed by atoms with Crippen molar-refractivity contribution in [3.63, 3.8) is 0 Å². The fraction of sp³-hybridized carbons (Fsp3) is 0.222. The smallest absolute Gasteiger partial charge is 0.223 e. The van der Waals surface area contributed by atoms with Gasteiger partial charge >= 0.3 is 0 Å².